The van der Waals surface area contributed by atoms with E-state index in [0.717, 1.165) is 47.6 Å². The molecule has 1 aliphatic rings. The first kappa shape index (κ1) is 19.8. The Morgan fingerprint density at radius 2 is 2.16 bits per heavy atom. The van der Waals surface area contributed by atoms with Crippen molar-refractivity contribution in [2.75, 3.05) is 38.7 Å². The van der Waals surface area contributed by atoms with E-state index in [4.69, 9.17) is 14.9 Å². The van der Waals surface area contributed by atoms with Crippen molar-refractivity contribution in [3.05, 3.63) is 36.7 Å². The summed E-state index contributed by atoms with van der Waals surface area (Å²) in [5.41, 5.74) is 8.07. The highest BCUT2D eigenvalue weighted by Gasteiger charge is 2.27. The minimum atomic E-state index is -0.0706. The fraction of sp³-hybridized carbons (Fsp3) is 0.409. The molecular formula is C22H27N7O2. The second kappa shape index (κ2) is 7.82. The Hall–Kier alpha value is -3.17. The number of likely N-dealkylation sites (N-methyl/N-ethyl adjacent to an activating group) is 1. The van der Waals surface area contributed by atoms with Crippen LogP contribution in [0.4, 0.5) is 5.82 Å². The SMILES string of the molecule is CC(N)COc1ccc2ncc(-c3cc4c(N5CCC(N(C)C)C5)nccc4o3)n2n1. The number of fused-ring (bicyclic) bond motifs is 2. The maximum Gasteiger partial charge on any atom is 0.231 e. The number of pyridine rings is 1. The van der Waals surface area contributed by atoms with Crippen LogP contribution in [0.2, 0.25) is 0 Å². The van der Waals surface area contributed by atoms with Gasteiger partial charge in [0.25, 0.3) is 0 Å². The summed E-state index contributed by atoms with van der Waals surface area (Å²) in [4.78, 5) is 13.7. The molecule has 5 heterocycles. The second-order valence-corrected chi connectivity index (χ2v) is 8.38. The minimum Gasteiger partial charge on any atom is -0.475 e. The Kier molecular flexibility index (Phi) is 4.99. The number of nitrogens with two attached hydrogens (primary N) is 1. The van der Waals surface area contributed by atoms with Crippen molar-refractivity contribution in [1.82, 2.24) is 24.5 Å². The van der Waals surface area contributed by atoms with E-state index in [0.29, 0.717) is 24.3 Å². The Labute approximate surface area is 180 Å². The number of hydrogen-bond acceptors (Lipinski definition) is 8. The maximum absolute atomic E-state index is 6.19. The van der Waals surface area contributed by atoms with Crippen LogP contribution in [0.5, 0.6) is 5.88 Å². The van der Waals surface area contributed by atoms with Gasteiger partial charge < -0.3 is 24.7 Å². The van der Waals surface area contributed by atoms with Crippen LogP contribution in [0.25, 0.3) is 28.1 Å². The lowest BCUT2D eigenvalue weighted by molar-refractivity contribution is 0.281. The molecule has 4 aromatic heterocycles. The molecule has 9 heteroatoms. The molecular weight excluding hydrogens is 394 g/mol. The Balaban J connectivity index is 1.51. The zero-order valence-corrected chi connectivity index (χ0v) is 18.0. The number of ether oxygens (including phenoxy) is 1. The van der Waals surface area contributed by atoms with Crippen molar-refractivity contribution < 1.29 is 9.15 Å². The first-order valence-corrected chi connectivity index (χ1v) is 10.5. The number of aromatic nitrogens is 4. The van der Waals surface area contributed by atoms with Crippen LogP contribution in [0, 0.1) is 0 Å². The Bertz CT molecular complexity index is 1210. The van der Waals surface area contributed by atoms with Gasteiger partial charge in [-0.05, 0) is 45.6 Å². The molecule has 2 atom stereocenters. The number of imidazole rings is 1. The molecule has 9 nitrogen and oxygen atoms in total. The first-order chi connectivity index (χ1) is 15.0. The fourth-order valence-electron chi connectivity index (χ4n) is 4.00. The van der Waals surface area contributed by atoms with Crippen molar-refractivity contribution in [2.24, 2.45) is 5.73 Å². The maximum atomic E-state index is 6.19. The van der Waals surface area contributed by atoms with Gasteiger partial charge in [-0.3, -0.25) is 0 Å². The van der Waals surface area contributed by atoms with Gasteiger partial charge >= 0.3 is 0 Å². The topological polar surface area (TPSA) is 98.0 Å². The van der Waals surface area contributed by atoms with Crippen LogP contribution < -0.4 is 15.4 Å². The molecule has 2 N–H and O–H groups in total. The summed E-state index contributed by atoms with van der Waals surface area (Å²) in [5.74, 6) is 2.14. The van der Waals surface area contributed by atoms with Gasteiger partial charge in [-0.1, -0.05) is 0 Å². The van der Waals surface area contributed by atoms with E-state index in [9.17, 15) is 0 Å². The third-order valence-corrected chi connectivity index (χ3v) is 5.70. The smallest absolute Gasteiger partial charge is 0.231 e. The standard InChI is InChI=1S/C22H27N7O2/c1-14(23)13-30-21-5-4-20-25-11-17(29(20)26-21)19-10-16-18(31-19)6-8-24-22(16)28-9-7-15(12-28)27(2)3/h4-6,8,10-11,14-15H,7,9,12-13,23H2,1-3H3. The molecule has 4 aromatic rings. The van der Waals surface area contributed by atoms with E-state index >= 15 is 0 Å². The minimum absolute atomic E-state index is 0.0706. The average molecular weight is 422 g/mol. The average Bonchev–Trinajstić information content (AvgIpc) is 3.48. The van der Waals surface area contributed by atoms with Crippen LogP contribution in [-0.4, -0.2) is 70.4 Å². The van der Waals surface area contributed by atoms with E-state index in [2.05, 4.69) is 39.0 Å². The third kappa shape index (κ3) is 3.70. The van der Waals surface area contributed by atoms with Crippen LogP contribution >= 0.6 is 0 Å². The molecule has 2 unspecified atom stereocenters. The Morgan fingerprint density at radius 1 is 1.29 bits per heavy atom. The summed E-state index contributed by atoms with van der Waals surface area (Å²) >= 11 is 0. The monoisotopic (exact) mass is 421 g/mol. The van der Waals surface area contributed by atoms with Crippen molar-refractivity contribution in [3.8, 4) is 17.3 Å². The van der Waals surface area contributed by atoms with Crippen molar-refractivity contribution in [2.45, 2.75) is 25.4 Å². The quantitative estimate of drug-likeness (QED) is 0.507. The lowest BCUT2D eigenvalue weighted by Crippen LogP contribution is -2.31. The fourth-order valence-corrected chi connectivity index (χ4v) is 4.00. The molecule has 1 fully saturated rings. The molecule has 0 spiro atoms. The zero-order valence-electron chi connectivity index (χ0n) is 18.0. The summed E-state index contributed by atoms with van der Waals surface area (Å²) in [6.45, 7) is 4.22. The highest BCUT2D eigenvalue weighted by atomic mass is 16.5. The van der Waals surface area contributed by atoms with E-state index in [1.54, 1.807) is 23.0 Å². The number of rotatable bonds is 6. The third-order valence-electron chi connectivity index (χ3n) is 5.70. The van der Waals surface area contributed by atoms with E-state index in [1.165, 1.54) is 0 Å². The summed E-state index contributed by atoms with van der Waals surface area (Å²) in [7, 11) is 4.25. The van der Waals surface area contributed by atoms with Gasteiger partial charge in [0.1, 0.15) is 23.7 Å². The van der Waals surface area contributed by atoms with Gasteiger partial charge in [0.2, 0.25) is 5.88 Å². The van der Waals surface area contributed by atoms with Crippen LogP contribution in [-0.2, 0) is 0 Å². The largest absolute Gasteiger partial charge is 0.475 e. The molecule has 1 saturated heterocycles. The van der Waals surface area contributed by atoms with Crippen molar-refractivity contribution in [3.63, 3.8) is 0 Å². The van der Waals surface area contributed by atoms with E-state index in [-0.39, 0.29) is 6.04 Å². The van der Waals surface area contributed by atoms with Crippen LogP contribution in [0.15, 0.2) is 41.1 Å². The van der Waals surface area contributed by atoms with Gasteiger partial charge in [-0.25, -0.2) is 14.5 Å². The molecule has 0 bridgehead atoms. The predicted molar refractivity (Wildman–Crippen MR) is 119 cm³/mol. The molecule has 0 radical (unpaired) electrons. The lowest BCUT2D eigenvalue weighted by atomic mass is 10.2. The second-order valence-electron chi connectivity index (χ2n) is 8.38. The van der Waals surface area contributed by atoms with E-state index in [1.807, 2.05) is 25.1 Å². The summed E-state index contributed by atoms with van der Waals surface area (Å²) < 4.78 is 13.6. The molecule has 0 aromatic carbocycles. The van der Waals surface area contributed by atoms with Crippen LogP contribution in [0.3, 0.4) is 0 Å². The molecule has 0 saturated carbocycles. The normalized spacial score (nSPS) is 17.8. The number of furan rings is 1. The molecule has 31 heavy (non-hydrogen) atoms. The summed E-state index contributed by atoms with van der Waals surface area (Å²) in [6, 6.07) is 8.05. The first-order valence-electron chi connectivity index (χ1n) is 10.5. The molecule has 162 valence electrons. The number of nitrogens with zero attached hydrogens (tertiary/aromatic N) is 6. The van der Waals surface area contributed by atoms with Crippen LogP contribution in [0.1, 0.15) is 13.3 Å². The molecule has 1 aliphatic heterocycles. The molecule has 0 amide bonds. The van der Waals surface area contributed by atoms with Gasteiger partial charge in [0.15, 0.2) is 11.4 Å². The Morgan fingerprint density at radius 3 is 2.94 bits per heavy atom. The zero-order chi connectivity index (χ0) is 21.5. The van der Waals surface area contributed by atoms with E-state index < -0.39 is 0 Å². The van der Waals surface area contributed by atoms with Gasteiger partial charge in [-0.2, -0.15) is 0 Å². The van der Waals surface area contributed by atoms with Gasteiger partial charge in [0.05, 0.1) is 11.6 Å². The number of anilines is 1. The van der Waals surface area contributed by atoms with Crippen molar-refractivity contribution in [1.29, 1.82) is 0 Å². The molecule has 5 rings (SSSR count). The van der Waals surface area contributed by atoms with Gasteiger partial charge in [-0.15, -0.1) is 5.10 Å². The lowest BCUT2D eigenvalue weighted by Gasteiger charge is -2.21. The summed E-state index contributed by atoms with van der Waals surface area (Å²) in [6.07, 6.45) is 4.69. The number of hydrogen-bond donors (Lipinski definition) is 1. The van der Waals surface area contributed by atoms with Crippen molar-refractivity contribution >= 4 is 22.4 Å². The summed E-state index contributed by atoms with van der Waals surface area (Å²) in [5, 5.41) is 5.56. The predicted octanol–water partition coefficient (Wildman–Crippen LogP) is 2.40. The molecule has 0 aliphatic carbocycles. The highest BCUT2D eigenvalue weighted by molar-refractivity contribution is 5.92. The highest BCUT2D eigenvalue weighted by Crippen LogP contribution is 2.34. The van der Waals surface area contributed by atoms with Gasteiger partial charge in [0, 0.05) is 37.4 Å².